The van der Waals surface area contributed by atoms with Gasteiger partial charge >= 0.3 is 0 Å². The molecule has 0 unspecified atom stereocenters. The Morgan fingerprint density at radius 1 is 1.04 bits per heavy atom. The highest BCUT2D eigenvalue weighted by Crippen LogP contribution is 2.41. The first kappa shape index (κ1) is 36.4. The summed E-state index contributed by atoms with van der Waals surface area (Å²) in [7, 11) is 3.48. The smallest absolute Gasteiger partial charge is 0.291 e. The highest BCUT2D eigenvalue weighted by molar-refractivity contribution is 6.39. The standard InChI is InChI=1S/C39H43Cl2N9O4/c1-23(51)49-14-10-25(11-15-49)50-16-12-31-30(19-50)44-36(47(31)2)37(53)45-29-6-4-5-27(33(29)40)35-34(41)26(9-13-42-35)28-8-7-24(38(46-28)54-3)18-48-21-39(22-48)17-32(52)43-20-39/h4-9,13,25H,10-12,14-22H2,1-3H3,(H,43,52)(H,45,53). The van der Waals surface area contributed by atoms with E-state index in [4.69, 9.17) is 37.9 Å². The third kappa shape index (κ3) is 6.82. The fraction of sp³-hybridized carbons (Fsp3) is 0.436. The molecule has 1 aromatic carbocycles. The van der Waals surface area contributed by atoms with E-state index in [9.17, 15) is 14.4 Å². The van der Waals surface area contributed by atoms with Gasteiger partial charge in [0, 0.05) is 119 Å². The average Bonchev–Trinajstić information content (AvgIpc) is 3.72. The predicted molar refractivity (Wildman–Crippen MR) is 205 cm³/mol. The number of rotatable bonds is 8. The monoisotopic (exact) mass is 771 g/mol. The number of imidazole rings is 1. The Morgan fingerprint density at radius 3 is 2.56 bits per heavy atom. The van der Waals surface area contributed by atoms with Crippen molar-refractivity contribution >= 4 is 46.6 Å². The van der Waals surface area contributed by atoms with Crippen LogP contribution in [0.15, 0.2) is 42.6 Å². The first-order valence-corrected chi connectivity index (χ1v) is 19.1. The molecule has 2 N–H and O–H groups in total. The number of aromatic nitrogens is 4. The molecule has 1 spiro atoms. The van der Waals surface area contributed by atoms with Crippen LogP contribution in [-0.4, -0.2) is 104 Å². The van der Waals surface area contributed by atoms with Crippen molar-refractivity contribution in [2.24, 2.45) is 12.5 Å². The number of carbonyl (C=O) groups is 3. The zero-order chi connectivity index (χ0) is 37.7. The Bertz CT molecular complexity index is 2140. The Kier molecular flexibility index (Phi) is 9.84. The molecule has 54 heavy (non-hydrogen) atoms. The molecule has 7 heterocycles. The van der Waals surface area contributed by atoms with Gasteiger partial charge in [0.1, 0.15) is 0 Å². The van der Waals surface area contributed by atoms with Crippen molar-refractivity contribution in [3.05, 3.63) is 75.4 Å². The van der Waals surface area contributed by atoms with Crippen LogP contribution in [-0.2, 0) is 36.1 Å². The van der Waals surface area contributed by atoms with Gasteiger partial charge in [0.25, 0.3) is 5.91 Å². The van der Waals surface area contributed by atoms with Crippen LogP contribution in [0, 0.1) is 5.41 Å². The molecule has 0 atom stereocenters. The molecule has 3 amide bonds. The number of carbonyl (C=O) groups excluding carboxylic acids is 3. The lowest BCUT2D eigenvalue weighted by Crippen LogP contribution is -2.56. The van der Waals surface area contributed by atoms with Crippen LogP contribution in [0.4, 0.5) is 5.69 Å². The predicted octanol–water partition coefficient (Wildman–Crippen LogP) is 4.80. The van der Waals surface area contributed by atoms with Gasteiger partial charge in [-0.05, 0) is 31.0 Å². The molecule has 13 nitrogen and oxygen atoms in total. The number of piperidine rings is 1. The summed E-state index contributed by atoms with van der Waals surface area (Å²) in [5, 5.41) is 6.59. The molecule has 3 fully saturated rings. The van der Waals surface area contributed by atoms with E-state index in [2.05, 4.69) is 25.4 Å². The second-order valence-electron chi connectivity index (χ2n) is 15.0. The molecule has 3 saturated heterocycles. The summed E-state index contributed by atoms with van der Waals surface area (Å²) in [6.45, 7) is 7.82. The lowest BCUT2D eigenvalue weighted by Gasteiger charge is -2.47. The lowest BCUT2D eigenvalue weighted by atomic mass is 9.79. The topological polar surface area (TPSA) is 138 Å². The second-order valence-corrected chi connectivity index (χ2v) is 15.7. The second kappa shape index (κ2) is 14.6. The first-order chi connectivity index (χ1) is 26.0. The number of pyridine rings is 2. The van der Waals surface area contributed by atoms with Gasteiger partial charge in [0.15, 0.2) is 5.82 Å². The minimum Gasteiger partial charge on any atom is -0.481 e. The fourth-order valence-electron chi connectivity index (χ4n) is 8.57. The maximum Gasteiger partial charge on any atom is 0.291 e. The first-order valence-electron chi connectivity index (χ1n) is 18.3. The summed E-state index contributed by atoms with van der Waals surface area (Å²) in [6, 6.07) is 11.5. The number of anilines is 1. The number of fused-ring (bicyclic) bond motifs is 1. The van der Waals surface area contributed by atoms with Crippen LogP contribution in [0.5, 0.6) is 5.88 Å². The molecule has 4 aliphatic heterocycles. The summed E-state index contributed by atoms with van der Waals surface area (Å²) in [5.41, 5.74) is 5.65. The van der Waals surface area contributed by atoms with Crippen LogP contribution in [0.3, 0.4) is 0 Å². The Morgan fingerprint density at radius 2 is 1.83 bits per heavy atom. The maximum atomic E-state index is 13.7. The van der Waals surface area contributed by atoms with E-state index < -0.39 is 0 Å². The Hall–Kier alpha value is -4.56. The maximum absolute atomic E-state index is 13.7. The molecule has 0 aliphatic carbocycles. The van der Waals surface area contributed by atoms with Crippen molar-refractivity contribution in [2.75, 3.05) is 51.7 Å². The molecule has 3 aromatic heterocycles. The van der Waals surface area contributed by atoms with Crippen LogP contribution in [0.2, 0.25) is 10.0 Å². The molecule has 0 saturated carbocycles. The number of benzene rings is 1. The molecular formula is C39H43Cl2N9O4. The molecular weight excluding hydrogens is 729 g/mol. The summed E-state index contributed by atoms with van der Waals surface area (Å²) < 4.78 is 7.58. The van der Waals surface area contributed by atoms with Gasteiger partial charge in [-0.15, -0.1) is 0 Å². The van der Waals surface area contributed by atoms with Gasteiger partial charge in [-0.25, -0.2) is 9.97 Å². The number of nitrogens with zero attached hydrogens (tertiary/aromatic N) is 7. The van der Waals surface area contributed by atoms with E-state index in [1.54, 1.807) is 38.4 Å². The van der Waals surface area contributed by atoms with Crippen molar-refractivity contribution in [1.29, 1.82) is 0 Å². The number of ether oxygens (including phenoxy) is 1. The van der Waals surface area contributed by atoms with E-state index in [0.717, 1.165) is 75.5 Å². The van der Waals surface area contributed by atoms with Gasteiger partial charge in [0.05, 0.1) is 39.9 Å². The van der Waals surface area contributed by atoms with Crippen LogP contribution >= 0.6 is 23.2 Å². The van der Waals surface area contributed by atoms with Crippen molar-refractivity contribution in [2.45, 2.75) is 51.7 Å². The number of methoxy groups -OCH3 is 1. The SMILES string of the molecule is COc1nc(-c2ccnc(-c3cccc(NC(=O)c4nc5c(n4C)CCN(C4CCN(C(C)=O)CC4)C5)c3Cl)c2Cl)ccc1CN1CC2(CNC(=O)C2)C1. The molecule has 4 aliphatic rings. The molecule has 15 heteroatoms. The van der Waals surface area contributed by atoms with Crippen molar-refractivity contribution in [1.82, 2.24) is 39.5 Å². The van der Waals surface area contributed by atoms with Crippen molar-refractivity contribution in [3.63, 3.8) is 0 Å². The minimum atomic E-state index is -0.363. The minimum absolute atomic E-state index is 0.0394. The van der Waals surface area contributed by atoms with E-state index in [-0.39, 0.29) is 23.1 Å². The lowest BCUT2D eigenvalue weighted by molar-refractivity contribution is -0.130. The molecule has 4 aromatic rings. The number of halogens is 2. The van der Waals surface area contributed by atoms with E-state index in [1.807, 2.05) is 34.7 Å². The largest absolute Gasteiger partial charge is 0.481 e. The van der Waals surface area contributed by atoms with Gasteiger partial charge < -0.3 is 24.8 Å². The highest BCUT2D eigenvalue weighted by Gasteiger charge is 2.48. The molecule has 0 radical (unpaired) electrons. The van der Waals surface area contributed by atoms with Crippen LogP contribution in [0.1, 0.15) is 53.8 Å². The number of amides is 3. The zero-order valence-corrected chi connectivity index (χ0v) is 32.1. The third-order valence-electron chi connectivity index (χ3n) is 11.4. The van der Waals surface area contributed by atoms with Crippen LogP contribution in [0.25, 0.3) is 22.5 Å². The average molecular weight is 773 g/mol. The number of likely N-dealkylation sites (tertiary alicyclic amines) is 2. The highest BCUT2D eigenvalue weighted by atomic mass is 35.5. The third-order valence-corrected chi connectivity index (χ3v) is 12.2. The summed E-state index contributed by atoms with van der Waals surface area (Å²) in [5.74, 6) is 0.710. The van der Waals surface area contributed by atoms with Crippen molar-refractivity contribution < 1.29 is 19.1 Å². The van der Waals surface area contributed by atoms with Crippen molar-refractivity contribution in [3.8, 4) is 28.4 Å². The number of hydrogen-bond donors (Lipinski definition) is 2. The van der Waals surface area contributed by atoms with Gasteiger partial charge in [-0.3, -0.25) is 29.2 Å². The van der Waals surface area contributed by atoms with E-state index >= 15 is 0 Å². The summed E-state index contributed by atoms with van der Waals surface area (Å²) in [4.78, 5) is 58.1. The molecule has 0 bridgehead atoms. The van der Waals surface area contributed by atoms with E-state index in [0.29, 0.717) is 75.5 Å². The molecule has 8 rings (SSSR count). The zero-order valence-electron chi connectivity index (χ0n) is 30.6. The fourth-order valence-corrected chi connectivity index (χ4v) is 9.15. The number of hydrogen-bond acceptors (Lipinski definition) is 9. The quantitative estimate of drug-likeness (QED) is 0.259. The Balaban J connectivity index is 0.970. The summed E-state index contributed by atoms with van der Waals surface area (Å²) in [6.07, 6.45) is 4.90. The molecule has 282 valence electrons. The van der Waals surface area contributed by atoms with Gasteiger partial charge in [0.2, 0.25) is 17.7 Å². The van der Waals surface area contributed by atoms with Crippen LogP contribution < -0.4 is 15.4 Å². The Labute approximate surface area is 324 Å². The normalized spacial score (nSPS) is 18.7. The van der Waals surface area contributed by atoms with Gasteiger partial charge in [-0.1, -0.05) is 41.4 Å². The number of nitrogens with one attached hydrogen (secondary N) is 2. The summed E-state index contributed by atoms with van der Waals surface area (Å²) >= 11 is 14.0. The van der Waals surface area contributed by atoms with E-state index in [1.165, 1.54) is 0 Å². The van der Waals surface area contributed by atoms with Gasteiger partial charge in [-0.2, -0.15) is 0 Å².